The molecular formula is C18H30N2. The Bertz CT molecular complexity index is 401. The Balaban J connectivity index is 2.19. The molecule has 2 atom stereocenters. The highest BCUT2D eigenvalue weighted by molar-refractivity contribution is 5.15. The van der Waals surface area contributed by atoms with Crippen LogP contribution in [0.1, 0.15) is 45.1 Å². The van der Waals surface area contributed by atoms with Gasteiger partial charge in [-0.3, -0.25) is 4.90 Å². The molecule has 2 nitrogen and oxygen atoms in total. The maximum Gasteiger partial charge on any atom is 0.0362 e. The van der Waals surface area contributed by atoms with Crippen LogP contribution in [0.2, 0.25) is 0 Å². The van der Waals surface area contributed by atoms with Gasteiger partial charge in [-0.2, -0.15) is 0 Å². The summed E-state index contributed by atoms with van der Waals surface area (Å²) in [6, 6.07) is 10.8. The number of likely N-dealkylation sites (N-methyl/N-ethyl adjacent to an activating group) is 1. The molecule has 2 N–H and O–H groups in total. The quantitative estimate of drug-likeness (QED) is 0.888. The van der Waals surface area contributed by atoms with Crippen molar-refractivity contribution >= 4 is 0 Å². The lowest BCUT2D eigenvalue weighted by Gasteiger charge is -2.51. The van der Waals surface area contributed by atoms with Crippen molar-refractivity contribution in [2.75, 3.05) is 13.6 Å². The molecule has 0 amide bonds. The van der Waals surface area contributed by atoms with Crippen molar-refractivity contribution in [1.29, 1.82) is 0 Å². The topological polar surface area (TPSA) is 29.3 Å². The predicted octanol–water partition coefficient (Wildman–Crippen LogP) is 3.66. The third kappa shape index (κ3) is 3.07. The molecule has 112 valence electrons. The smallest absolute Gasteiger partial charge is 0.0362 e. The molecule has 1 aliphatic rings. The largest absolute Gasteiger partial charge is 0.329 e. The van der Waals surface area contributed by atoms with Crippen molar-refractivity contribution in [3.05, 3.63) is 35.9 Å². The first-order chi connectivity index (χ1) is 9.60. The van der Waals surface area contributed by atoms with Gasteiger partial charge in [0, 0.05) is 18.6 Å². The van der Waals surface area contributed by atoms with Crippen LogP contribution in [0.3, 0.4) is 0 Å². The van der Waals surface area contributed by atoms with Crippen molar-refractivity contribution in [3.8, 4) is 0 Å². The second-order valence-corrected chi connectivity index (χ2v) is 6.75. The maximum absolute atomic E-state index is 6.28. The normalized spacial score (nSPS) is 27.2. The van der Waals surface area contributed by atoms with Crippen LogP contribution in [0, 0.1) is 11.8 Å². The molecule has 2 rings (SSSR count). The zero-order chi connectivity index (χ0) is 14.6. The minimum Gasteiger partial charge on any atom is -0.329 e. The molecule has 1 aromatic carbocycles. The molecule has 20 heavy (non-hydrogen) atoms. The Morgan fingerprint density at radius 2 is 1.95 bits per heavy atom. The zero-order valence-corrected chi connectivity index (χ0v) is 13.3. The van der Waals surface area contributed by atoms with Crippen LogP contribution in [0.15, 0.2) is 30.3 Å². The van der Waals surface area contributed by atoms with E-state index in [1.807, 2.05) is 0 Å². The number of nitrogens with zero attached hydrogens (tertiary/aromatic N) is 1. The first-order valence-electron chi connectivity index (χ1n) is 8.05. The molecule has 1 aliphatic carbocycles. The van der Waals surface area contributed by atoms with Crippen molar-refractivity contribution < 1.29 is 0 Å². The Hall–Kier alpha value is -0.860. The average molecular weight is 274 g/mol. The van der Waals surface area contributed by atoms with E-state index < -0.39 is 0 Å². The van der Waals surface area contributed by atoms with Gasteiger partial charge in [0.1, 0.15) is 0 Å². The lowest BCUT2D eigenvalue weighted by Crippen LogP contribution is -2.59. The minimum absolute atomic E-state index is 0.183. The Labute approximate surface area is 124 Å². The third-order valence-corrected chi connectivity index (χ3v) is 5.25. The van der Waals surface area contributed by atoms with Gasteiger partial charge in [-0.15, -0.1) is 0 Å². The molecule has 1 fully saturated rings. The number of hydrogen-bond donors (Lipinski definition) is 1. The summed E-state index contributed by atoms with van der Waals surface area (Å²) < 4.78 is 0. The molecule has 0 spiro atoms. The second-order valence-electron chi connectivity index (χ2n) is 6.75. The van der Waals surface area contributed by atoms with Gasteiger partial charge in [0.05, 0.1) is 0 Å². The first-order valence-corrected chi connectivity index (χ1v) is 8.05. The highest BCUT2D eigenvalue weighted by Crippen LogP contribution is 2.41. The summed E-state index contributed by atoms with van der Waals surface area (Å²) in [6.45, 7) is 6.49. The van der Waals surface area contributed by atoms with Gasteiger partial charge in [-0.25, -0.2) is 0 Å². The molecule has 0 aromatic heterocycles. The molecule has 0 saturated heterocycles. The lowest BCUT2D eigenvalue weighted by molar-refractivity contribution is -0.00183. The fourth-order valence-corrected chi connectivity index (χ4v) is 4.10. The van der Waals surface area contributed by atoms with E-state index in [-0.39, 0.29) is 5.54 Å². The van der Waals surface area contributed by atoms with E-state index in [9.17, 15) is 0 Å². The molecule has 0 radical (unpaired) electrons. The van der Waals surface area contributed by atoms with E-state index in [2.05, 4.69) is 56.1 Å². The number of benzene rings is 1. The van der Waals surface area contributed by atoms with E-state index in [0.717, 1.165) is 19.0 Å². The first kappa shape index (κ1) is 15.5. The molecule has 0 aliphatic heterocycles. The predicted molar refractivity (Wildman–Crippen MR) is 86.5 cm³/mol. The van der Waals surface area contributed by atoms with Crippen molar-refractivity contribution in [1.82, 2.24) is 4.90 Å². The van der Waals surface area contributed by atoms with E-state index in [1.165, 1.54) is 31.2 Å². The van der Waals surface area contributed by atoms with Gasteiger partial charge in [-0.05, 0) is 37.3 Å². The highest BCUT2D eigenvalue weighted by atomic mass is 15.2. The van der Waals surface area contributed by atoms with Crippen LogP contribution in [0.4, 0.5) is 0 Å². The summed E-state index contributed by atoms with van der Waals surface area (Å²) in [7, 11) is 2.26. The second kappa shape index (κ2) is 6.73. The van der Waals surface area contributed by atoms with Gasteiger partial charge >= 0.3 is 0 Å². The van der Waals surface area contributed by atoms with Crippen molar-refractivity contribution in [2.45, 2.75) is 51.6 Å². The van der Waals surface area contributed by atoms with Crippen LogP contribution in [0.25, 0.3) is 0 Å². The monoisotopic (exact) mass is 274 g/mol. The van der Waals surface area contributed by atoms with Gasteiger partial charge < -0.3 is 5.73 Å². The molecular weight excluding hydrogens is 244 g/mol. The number of hydrogen-bond acceptors (Lipinski definition) is 2. The molecule has 1 aromatic rings. The number of rotatable bonds is 5. The van der Waals surface area contributed by atoms with Crippen LogP contribution >= 0.6 is 0 Å². The SMILES string of the molecule is CC(C)C1CCCCC1(CN)N(C)Cc1ccccc1. The Kier molecular flexibility index (Phi) is 5.22. The van der Waals surface area contributed by atoms with E-state index in [0.29, 0.717) is 5.92 Å². The van der Waals surface area contributed by atoms with Crippen LogP contribution in [0.5, 0.6) is 0 Å². The minimum atomic E-state index is 0.183. The molecule has 0 heterocycles. The summed E-state index contributed by atoms with van der Waals surface area (Å²) in [5.74, 6) is 1.42. The lowest BCUT2D eigenvalue weighted by atomic mass is 9.67. The van der Waals surface area contributed by atoms with E-state index in [4.69, 9.17) is 5.73 Å². The Morgan fingerprint density at radius 1 is 1.25 bits per heavy atom. The fraction of sp³-hybridized carbons (Fsp3) is 0.667. The zero-order valence-electron chi connectivity index (χ0n) is 13.3. The highest BCUT2D eigenvalue weighted by Gasteiger charge is 2.43. The van der Waals surface area contributed by atoms with Crippen molar-refractivity contribution in [3.63, 3.8) is 0 Å². The van der Waals surface area contributed by atoms with Crippen LogP contribution in [-0.2, 0) is 6.54 Å². The molecule has 2 unspecified atom stereocenters. The molecule has 2 heteroatoms. The van der Waals surface area contributed by atoms with E-state index >= 15 is 0 Å². The average Bonchev–Trinajstić information content (AvgIpc) is 2.47. The van der Waals surface area contributed by atoms with Crippen molar-refractivity contribution in [2.24, 2.45) is 17.6 Å². The third-order valence-electron chi connectivity index (χ3n) is 5.25. The van der Waals surface area contributed by atoms with Gasteiger partial charge in [-0.1, -0.05) is 57.0 Å². The molecule has 0 bridgehead atoms. The van der Waals surface area contributed by atoms with Crippen LogP contribution in [-0.4, -0.2) is 24.0 Å². The maximum atomic E-state index is 6.28. The summed E-state index contributed by atoms with van der Waals surface area (Å²) in [5, 5.41) is 0. The van der Waals surface area contributed by atoms with Crippen LogP contribution < -0.4 is 5.73 Å². The van der Waals surface area contributed by atoms with Gasteiger partial charge in [0.15, 0.2) is 0 Å². The standard InChI is InChI=1S/C18H30N2/c1-15(2)17-11-7-8-12-18(17,14-19)20(3)13-16-9-5-4-6-10-16/h4-6,9-10,15,17H,7-8,11-14,19H2,1-3H3. The summed E-state index contributed by atoms with van der Waals surface area (Å²) in [5.41, 5.74) is 7.85. The fourth-order valence-electron chi connectivity index (χ4n) is 4.10. The summed E-state index contributed by atoms with van der Waals surface area (Å²) >= 11 is 0. The van der Waals surface area contributed by atoms with Gasteiger partial charge in [0.2, 0.25) is 0 Å². The summed E-state index contributed by atoms with van der Waals surface area (Å²) in [6.07, 6.45) is 5.26. The molecule has 1 saturated carbocycles. The summed E-state index contributed by atoms with van der Waals surface area (Å²) in [4.78, 5) is 2.53. The Morgan fingerprint density at radius 3 is 2.55 bits per heavy atom. The van der Waals surface area contributed by atoms with Gasteiger partial charge in [0.25, 0.3) is 0 Å². The van der Waals surface area contributed by atoms with E-state index in [1.54, 1.807) is 0 Å². The number of nitrogens with two attached hydrogens (primary N) is 1.